The molecule has 1 saturated heterocycles. The summed E-state index contributed by atoms with van der Waals surface area (Å²) in [5, 5.41) is 8.89. The van der Waals surface area contributed by atoms with Crippen LogP contribution >= 0.6 is 7.82 Å². The summed E-state index contributed by atoms with van der Waals surface area (Å²) in [6.07, 6.45) is 42.8. The minimum Gasteiger partial charge on any atom is -0.480 e. The number of phosphoric ester groups is 1. The van der Waals surface area contributed by atoms with Gasteiger partial charge in [0.2, 0.25) is 0 Å². The molecule has 4 N–H and O–H groups in total. The molecule has 0 radical (unpaired) electrons. The molecular weight excluding hydrogens is 749 g/mol. The van der Waals surface area contributed by atoms with Crippen LogP contribution < -0.4 is 5.73 Å². The first-order chi connectivity index (χ1) is 27.6. The number of unbranched alkanes of at least 4 members (excludes halogenated alkanes) is 8. The first-order valence-electron chi connectivity index (χ1n) is 21.1. The fraction of sp³-hybridized carbons (Fsp3) is 0.659. The van der Waals surface area contributed by atoms with Gasteiger partial charge >= 0.3 is 25.7 Å². The van der Waals surface area contributed by atoms with Gasteiger partial charge in [0.15, 0.2) is 6.10 Å². The predicted octanol–water partition coefficient (Wildman–Crippen LogP) is 9.93. The molecule has 1 aliphatic heterocycles. The summed E-state index contributed by atoms with van der Waals surface area (Å²) in [5.74, 6) is -2.52. The number of nitrogens with two attached hydrogens (primary N) is 1. The molecule has 324 valence electrons. The molecule has 1 aliphatic rings. The number of carboxylic acid groups (broad SMARTS) is 1. The maximum Gasteiger partial charge on any atom is 0.472 e. The summed E-state index contributed by atoms with van der Waals surface area (Å²) in [6.45, 7) is 2.61. The number of carboxylic acids is 1. The molecule has 0 amide bonds. The van der Waals surface area contributed by atoms with Crippen molar-refractivity contribution in [2.45, 2.75) is 167 Å². The van der Waals surface area contributed by atoms with E-state index in [-0.39, 0.29) is 25.0 Å². The summed E-state index contributed by atoms with van der Waals surface area (Å²) in [6, 6.07) is -1.54. The molecular formula is C44H72NO11P. The van der Waals surface area contributed by atoms with Crippen LogP contribution in [0.25, 0.3) is 0 Å². The van der Waals surface area contributed by atoms with Gasteiger partial charge in [-0.15, -0.1) is 0 Å². The molecule has 0 bridgehead atoms. The standard InChI is InChI=1S/C44H72NO11P/c1-3-5-7-9-11-13-15-17-18-19-21-23-25-27-29-33-43(47)55-38(36-53-57(50,51)54-37-39(45)44(48)49)35-52-42(46)34-30-32-41-40(56-41)31-28-26-24-22-20-16-14-12-10-8-6-4-2/h11-14,17-18,20-23,26,28,38-41H,3-10,15-16,19,24-25,27,29-37,45H2,1-2H3,(H,48,49)(H,50,51)/b13-11-,14-12-,18-17-,22-20-,23-21-,28-26-/t38-,39+,40?,41?/m1/s1. The molecule has 0 spiro atoms. The molecule has 0 aromatic heterocycles. The number of ether oxygens (including phenoxy) is 3. The van der Waals surface area contributed by atoms with Crippen LogP contribution in [0.1, 0.15) is 142 Å². The van der Waals surface area contributed by atoms with Crippen molar-refractivity contribution in [1.29, 1.82) is 0 Å². The monoisotopic (exact) mass is 821 g/mol. The Balaban J connectivity index is 2.39. The Bertz CT molecular complexity index is 1310. The van der Waals surface area contributed by atoms with E-state index in [0.717, 1.165) is 57.8 Å². The smallest absolute Gasteiger partial charge is 0.472 e. The lowest BCUT2D eigenvalue weighted by atomic mass is 10.1. The number of carbonyl (C=O) groups excluding carboxylic acids is 2. The minimum atomic E-state index is -4.75. The van der Waals surface area contributed by atoms with Crippen molar-refractivity contribution in [3.05, 3.63) is 72.9 Å². The van der Waals surface area contributed by atoms with Crippen LogP contribution in [0.4, 0.5) is 0 Å². The van der Waals surface area contributed by atoms with Gasteiger partial charge in [0, 0.05) is 12.8 Å². The molecule has 5 atom stereocenters. The number of epoxide rings is 1. The molecule has 1 fully saturated rings. The second-order valence-corrected chi connectivity index (χ2v) is 15.6. The first kappa shape index (κ1) is 51.9. The molecule has 12 nitrogen and oxygen atoms in total. The summed E-state index contributed by atoms with van der Waals surface area (Å²) in [7, 11) is -4.75. The Labute approximate surface area is 342 Å². The van der Waals surface area contributed by atoms with E-state index < -0.39 is 57.7 Å². The van der Waals surface area contributed by atoms with Crippen molar-refractivity contribution < 1.29 is 52.2 Å². The third kappa shape index (κ3) is 32.5. The van der Waals surface area contributed by atoms with Crippen molar-refractivity contribution in [2.24, 2.45) is 5.73 Å². The highest BCUT2D eigenvalue weighted by Gasteiger charge is 2.36. The highest BCUT2D eigenvalue weighted by atomic mass is 31.2. The Kier molecular flexibility index (Phi) is 31.8. The van der Waals surface area contributed by atoms with E-state index in [0.29, 0.717) is 19.3 Å². The minimum absolute atomic E-state index is 0.0921. The van der Waals surface area contributed by atoms with E-state index in [1.807, 2.05) is 0 Å². The van der Waals surface area contributed by atoms with Gasteiger partial charge in [0.1, 0.15) is 12.6 Å². The Morgan fingerprint density at radius 3 is 1.68 bits per heavy atom. The maximum absolute atomic E-state index is 12.6. The summed E-state index contributed by atoms with van der Waals surface area (Å²) >= 11 is 0. The molecule has 0 saturated carbocycles. The Morgan fingerprint density at radius 2 is 1.14 bits per heavy atom. The number of aliphatic carboxylic acids is 1. The van der Waals surface area contributed by atoms with Gasteiger partial charge in [-0.1, -0.05) is 112 Å². The van der Waals surface area contributed by atoms with Crippen LogP contribution in [-0.4, -0.2) is 72.1 Å². The summed E-state index contributed by atoms with van der Waals surface area (Å²) in [4.78, 5) is 46.0. The molecule has 57 heavy (non-hydrogen) atoms. The highest BCUT2D eigenvalue weighted by molar-refractivity contribution is 7.47. The SMILES string of the molecule is CCCCC/C=C\C/C=C\C/C=C\CCCCC(=O)O[C@H](COC(=O)CCCC1OC1C/C=C\C/C=C\C/C=C\CCCCC)COP(=O)(O)OC[C@H](N)C(=O)O. The van der Waals surface area contributed by atoms with Crippen molar-refractivity contribution in [3.8, 4) is 0 Å². The largest absolute Gasteiger partial charge is 0.480 e. The fourth-order valence-electron chi connectivity index (χ4n) is 5.39. The number of hydrogen-bond donors (Lipinski definition) is 3. The lowest BCUT2D eigenvalue weighted by Crippen LogP contribution is -2.34. The number of rotatable bonds is 37. The van der Waals surface area contributed by atoms with Crippen molar-refractivity contribution >= 4 is 25.7 Å². The third-order valence-electron chi connectivity index (χ3n) is 8.85. The second-order valence-electron chi connectivity index (χ2n) is 14.1. The number of esters is 2. The highest BCUT2D eigenvalue weighted by Crippen LogP contribution is 2.43. The van der Waals surface area contributed by atoms with E-state index in [2.05, 4.69) is 91.3 Å². The van der Waals surface area contributed by atoms with Crippen molar-refractivity contribution in [1.82, 2.24) is 0 Å². The van der Waals surface area contributed by atoms with Crippen molar-refractivity contribution in [3.63, 3.8) is 0 Å². The lowest BCUT2D eigenvalue weighted by Gasteiger charge is -2.20. The number of hydrogen-bond acceptors (Lipinski definition) is 10. The van der Waals surface area contributed by atoms with Gasteiger partial charge in [-0.2, -0.15) is 0 Å². The van der Waals surface area contributed by atoms with Crippen LogP contribution in [0.15, 0.2) is 72.9 Å². The second kappa shape index (κ2) is 34.9. The zero-order valence-corrected chi connectivity index (χ0v) is 35.5. The van der Waals surface area contributed by atoms with Gasteiger partial charge in [0.25, 0.3) is 0 Å². The molecule has 13 heteroatoms. The predicted molar refractivity (Wildman–Crippen MR) is 225 cm³/mol. The lowest BCUT2D eigenvalue weighted by molar-refractivity contribution is -0.161. The van der Waals surface area contributed by atoms with Crippen LogP contribution in [0.3, 0.4) is 0 Å². The van der Waals surface area contributed by atoms with Crippen molar-refractivity contribution in [2.75, 3.05) is 19.8 Å². The first-order valence-corrected chi connectivity index (χ1v) is 22.6. The van der Waals surface area contributed by atoms with Crippen LogP contribution in [0, 0.1) is 0 Å². The molecule has 1 heterocycles. The van der Waals surface area contributed by atoms with E-state index in [9.17, 15) is 23.8 Å². The zero-order chi connectivity index (χ0) is 41.8. The molecule has 1 rings (SSSR count). The number of allylic oxidation sites excluding steroid dienone is 11. The quantitative estimate of drug-likeness (QED) is 0.0177. The molecule has 0 aromatic carbocycles. The number of phosphoric acid groups is 1. The normalized spacial score (nSPS) is 18.0. The maximum atomic E-state index is 12.6. The van der Waals surface area contributed by atoms with Crippen LogP contribution in [-0.2, 0) is 42.2 Å². The molecule has 0 aliphatic carbocycles. The topological polar surface area (TPSA) is 184 Å². The summed E-state index contributed by atoms with van der Waals surface area (Å²) < 4.78 is 38.4. The van der Waals surface area contributed by atoms with E-state index in [4.69, 9.17) is 29.6 Å². The third-order valence-corrected chi connectivity index (χ3v) is 9.80. The summed E-state index contributed by atoms with van der Waals surface area (Å²) in [5.41, 5.74) is 5.33. The van der Waals surface area contributed by atoms with Gasteiger partial charge < -0.3 is 29.9 Å². The number of carbonyl (C=O) groups is 3. The average Bonchev–Trinajstić information content (AvgIpc) is 3.94. The van der Waals surface area contributed by atoms with Crippen LogP contribution in [0.5, 0.6) is 0 Å². The van der Waals surface area contributed by atoms with Gasteiger partial charge in [0.05, 0.1) is 25.4 Å². The molecule has 0 aromatic rings. The van der Waals surface area contributed by atoms with Gasteiger partial charge in [-0.25, -0.2) is 4.57 Å². The van der Waals surface area contributed by atoms with E-state index >= 15 is 0 Å². The molecule has 3 unspecified atom stereocenters. The van der Waals surface area contributed by atoms with Crippen LogP contribution in [0.2, 0.25) is 0 Å². The van der Waals surface area contributed by atoms with Gasteiger partial charge in [-0.05, 0) is 89.9 Å². The Morgan fingerprint density at radius 1 is 0.649 bits per heavy atom. The van der Waals surface area contributed by atoms with E-state index in [1.54, 1.807) is 0 Å². The Hall–Kier alpha value is -3.12. The average molecular weight is 822 g/mol. The zero-order valence-electron chi connectivity index (χ0n) is 34.6. The van der Waals surface area contributed by atoms with E-state index in [1.165, 1.54) is 38.5 Å². The van der Waals surface area contributed by atoms with Gasteiger partial charge in [-0.3, -0.25) is 23.4 Å². The fourth-order valence-corrected chi connectivity index (χ4v) is 6.17.